The number of nitrogens with one attached hydrogen (secondary N) is 2. The third-order valence-corrected chi connectivity index (χ3v) is 6.66. The molecule has 2 N–H and O–H groups in total. The van der Waals surface area contributed by atoms with E-state index in [9.17, 15) is 0 Å². The standard InChI is InChI=1S/C25H27N7O3S/c1-33-21-8-7-17(13-22(21)34-2)9-11-35-25-29-23(28-24(30-25)32-10-12-36-16-32)31-27-15-18-14-26-20-6-4-3-5-19(18)20/h3-8,13-15,26H,9-12,16H2,1-2H3,(H,28,29,30,31). The van der Waals surface area contributed by atoms with E-state index in [1.54, 1.807) is 20.4 Å². The van der Waals surface area contributed by atoms with Crippen molar-refractivity contribution >= 4 is 40.8 Å². The van der Waals surface area contributed by atoms with Crippen LogP contribution >= 0.6 is 11.8 Å². The summed E-state index contributed by atoms with van der Waals surface area (Å²) < 4.78 is 16.6. The summed E-state index contributed by atoms with van der Waals surface area (Å²) in [6.07, 6.45) is 4.31. The zero-order chi connectivity index (χ0) is 24.7. The number of aromatic amines is 1. The van der Waals surface area contributed by atoms with Gasteiger partial charge in [0.2, 0.25) is 5.95 Å². The molecule has 1 saturated heterocycles. The van der Waals surface area contributed by atoms with Crippen LogP contribution in [-0.2, 0) is 6.42 Å². The Morgan fingerprint density at radius 1 is 1.11 bits per heavy atom. The Bertz CT molecular complexity index is 1350. The number of methoxy groups -OCH3 is 2. The number of ether oxygens (including phenoxy) is 3. The minimum Gasteiger partial charge on any atom is -0.493 e. The lowest BCUT2D eigenvalue weighted by molar-refractivity contribution is 0.295. The van der Waals surface area contributed by atoms with Crippen LogP contribution in [0.3, 0.4) is 0 Å². The largest absolute Gasteiger partial charge is 0.493 e. The lowest BCUT2D eigenvalue weighted by Gasteiger charge is -2.15. The lowest BCUT2D eigenvalue weighted by atomic mass is 10.1. The first kappa shape index (κ1) is 23.7. The van der Waals surface area contributed by atoms with Gasteiger partial charge < -0.3 is 24.1 Å². The lowest BCUT2D eigenvalue weighted by Crippen LogP contribution is -2.22. The molecular weight excluding hydrogens is 478 g/mol. The molecule has 0 atom stereocenters. The van der Waals surface area contributed by atoms with Crippen LogP contribution in [0.1, 0.15) is 11.1 Å². The number of nitrogens with zero attached hydrogens (tertiary/aromatic N) is 5. The van der Waals surface area contributed by atoms with Gasteiger partial charge in [0.1, 0.15) is 0 Å². The normalized spacial score (nSPS) is 13.4. The molecule has 2 aromatic carbocycles. The summed E-state index contributed by atoms with van der Waals surface area (Å²) in [5, 5.41) is 5.44. The molecule has 2 aromatic heterocycles. The van der Waals surface area contributed by atoms with Gasteiger partial charge in [0.15, 0.2) is 11.5 Å². The minimum atomic E-state index is 0.252. The fourth-order valence-electron chi connectivity index (χ4n) is 3.83. The highest BCUT2D eigenvalue weighted by atomic mass is 32.2. The van der Waals surface area contributed by atoms with Crippen LogP contribution < -0.4 is 24.5 Å². The first-order valence-electron chi connectivity index (χ1n) is 11.5. The molecule has 1 aliphatic heterocycles. The zero-order valence-electron chi connectivity index (χ0n) is 20.1. The molecule has 11 heteroatoms. The van der Waals surface area contributed by atoms with Crippen LogP contribution in [0, 0.1) is 0 Å². The summed E-state index contributed by atoms with van der Waals surface area (Å²) in [6.45, 7) is 1.27. The van der Waals surface area contributed by atoms with Crippen molar-refractivity contribution in [3.8, 4) is 17.5 Å². The summed E-state index contributed by atoms with van der Waals surface area (Å²) in [4.78, 5) is 18.8. The van der Waals surface area contributed by atoms with Gasteiger partial charge in [-0.25, -0.2) is 5.43 Å². The van der Waals surface area contributed by atoms with Crippen molar-refractivity contribution in [2.45, 2.75) is 6.42 Å². The van der Waals surface area contributed by atoms with E-state index in [4.69, 9.17) is 14.2 Å². The first-order valence-corrected chi connectivity index (χ1v) is 12.7. The number of H-pyrrole nitrogens is 1. The highest BCUT2D eigenvalue weighted by molar-refractivity contribution is 7.99. The van der Waals surface area contributed by atoms with Crippen molar-refractivity contribution in [3.05, 3.63) is 59.8 Å². The molecule has 5 rings (SSSR count). The zero-order valence-corrected chi connectivity index (χ0v) is 20.9. The van der Waals surface area contributed by atoms with Crippen LogP contribution in [0.25, 0.3) is 10.9 Å². The molecule has 0 radical (unpaired) electrons. The molecule has 36 heavy (non-hydrogen) atoms. The molecule has 3 heterocycles. The molecule has 0 unspecified atom stereocenters. The molecular formula is C25H27N7O3S. The van der Waals surface area contributed by atoms with Gasteiger partial charge in [0, 0.05) is 41.4 Å². The average Bonchev–Trinajstić information content (AvgIpc) is 3.59. The topological polar surface area (TPSA) is 110 Å². The van der Waals surface area contributed by atoms with Crippen molar-refractivity contribution in [1.82, 2.24) is 19.9 Å². The summed E-state index contributed by atoms with van der Waals surface area (Å²) in [7, 11) is 3.24. The van der Waals surface area contributed by atoms with Gasteiger partial charge in [-0.2, -0.15) is 20.1 Å². The number of anilines is 2. The second-order valence-corrected chi connectivity index (χ2v) is 9.06. The van der Waals surface area contributed by atoms with Crippen LogP contribution in [0.2, 0.25) is 0 Å². The number of hydrazone groups is 1. The number of hydrogen-bond donors (Lipinski definition) is 2. The van der Waals surface area contributed by atoms with Gasteiger partial charge in [-0.3, -0.25) is 0 Å². The summed E-state index contributed by atoms with van der Waals surface area (Å²) in [6, 6.07) is 14.1. The molecule has 0 saturated carbocycles. The van der Waals surface area contributed by atoms with E-state index in [0.29, 0.717) is 36.4 Å². The number of aromatic nitrogens is 4. The van der Waals surface area contributed by atoms with Crippen molar-refractivity contribution in [3.63, 3.8) is 0 Å². The average molecular weight is 506 g/mol. The molecule has 186 valence electrons. The van der Waals surface area contributed by atoms with Crippen molar-refractivity contribution < 1.29 is 14.2 Å². The van der Waals surface area contributed by atoms with E-state index in [1.807, 2.05) is 60.4 Å². The second-order valence-electron chi connectivity index (χ2n) is 7.99. The number of para-hydroxylation sites is 1. The van der Waals surface area contributed by atoms with Crippen LogP contribution in [0.5, 0.6) is 17.5 Å². The van der Waals surface area contributed by atoms with Gasteiger partial charge in [-0.15, -0.1) is 11.8 Å². The van der Waals surface area contributed by atoms with Crippen LogP contribution in [0.15, 0.2) is 53.8 Å². The van der Waals surface area contributed by atoms with Crippen LogP contribution in [0.4, 0.5) is 11.9 Å². The fraction of sp³-hybridized carbons (Fsp3) is 0.280. The van der Waals surface area contributed by atoms with E-state index in [1.165, 1.54) is 0 Å². The highest BCUT2D eigenvalue weighted by Crippen LogP contribution is 2.28. The first-order chi connectivity index (χ1) is 17.7. The molecule has 0 amide bonds. The Morgan fingerprint density at radius 3 is 2.83 bits per heavy atom. The van der Waals surface area contributed by atoms with E-state index < -0.39 is 0 Å². The Hall–Kier alpha value is -3.99. The third kappa shape index (κ3) is 5.46. The van der Waals surface area contributed by atoms with Gasteiger partial charge in [0.05, 0.1) is 32.9 Å². The van der Waals surface area contributed by atoms with Crippen molar-refractivity contribution in [1.29, 1.82) is 0 Å². The van der Waals surface area contributed by atoms with E-state index >= 15 is 0 Å². The third-order valence-electron chi connectivity index (χ3n) is 5.70. The summed E-state index contributed by atoms with van der Waals surface area (Å²) in [5.41, 5.74) is 6.01. The molecule has 1 aliphatic rings. The molecule has 4 aromatic rings. The number of benzene rings is 2. The predicted molar refractivity (Wildman–Crippen MR) is 143 cm³/mol. The second kappa shape index (κ2) is 11.2. The Labute approximate surface area is 213 Å². The van der Waals surface area contributed by atoms with E-state index in [0.717, 1.165) is 40.2 Å². The van der Waals surface area contributed by atoms with Gasteiger partial charge in [-0.05, 0) is 23.8 Å². The van der Waals surface area contributed by atoms with Crippen molar-refractivity contribution in [2.75, 3.05) is 49.3 Å². The van der Waals surface area contributed by atoms with Gasteiger partial charge >= 0.3 is 6.01 Å². The van der Waals surface area contributed by atoms with E-state index in [2.05, 4.69) is 35.4 Å². The fourth-order valence-corrected chi connectivity index (χ4v) is 4.77. The molecule has 0 aliphatic carbocycles. The highest BCUT2D eigenvalue weighted by Gasteiger charge is 2.18. The number of hydrogen-bond acceptors (Lipinski definition) is 10. The number of rotatable bonds is 10. The molecule has 1 fully saturated rings. The monoisotopic (exact) mass is 505 g/mol. The maximum Gasteiger partial charge on any atom is 0.323 e. The Kier molecular flexibility index (Phi) is 7.36. The minimum absolute atomic E-state index is 0.252. The smallest absolute Gasteiger partial charge is 0.323 e. The number of thioether (sulfide) groups is 1. The molecule has 0 spiro atoms. The maximum atomic E-state index is 5.93. The Balaban J connectivity index is 1.29. The molecule has 10 nitrogen and oxygen atoms in total. The molecule has 0 bridgehead atoms. The van der Waals surface area contributed by atoms with Gasteiger partial charge in [-0.1, -0.05) is 24.3 Å². The summed E-state index contributed by atoms with van der Waals surface area (Å²) in [5.74, 6) is 4.13. The van der Waals surface area contributed by atoms with Crippen molar-refractivity contribution in [2.24, 2.45) is 5.10 Å². The quantitative estimate of drug-likeness (QED) is 0.245. The van der Waals surface area contributed by atoms with E-state index in [-0.39, 0.29) is 6.01 Å². The Morgan fingerprint density at radius 2 is 2.00 bits per heavy atom. The SMILES string of the molecule is COc1ccc(CCOc2nc(NN=Cc3c[nH]c4ccccc34)nc(N3CCSC3)n2)cc1OC. The maximum absolute atomic E-state index is 5.93. The number of fused-ring (bicyclic) bond motifs is 1. The van der Waals surface area contributed by atoms with Crippen LogP contribution in [-0.4, -0.2) is 65.2 Å². The predicted octanol–water partition coefficient (Wildman–Crippen LogP) is 3.95. The summed E-state index contributed by atoms with van der Waals surface area (Å²) >= 11 is 1.84. The van der Waals surface area contributed by atoms with Gasteiger partial charge in [0.25, 0.3) is 5.95 Å².